The molecule has 1 aromatic rings. The van der Waals surface area contributed by atoms with Crippen LogP contribution < -0.4 is 10.6 Å². The standard InChI is InChI=1S/C20H22F3N3O3S/c21-20(22,23)30-10-16(27)25-18-11-5-6-12(18)9-26(8-11)17(28)7-15-13-3-1-2-4-14(13)19(29)24-15/h1-4,11-12,15,18H,5-10H2,(H,24,29)(H,25,27)/t11-,12+,15?,18?. The lowest BCUT2D eigenvalue weighted by Crippen LogP contribution is -2.54. The summed E-state index contributed by atoms with van der Waals surface area (Å²) in [5.41, 5.74) is -3.02. The van der Waals surface area contributed by atoms with Crippen LogP contribution in [0.15, 0.2) is 24.3 Å². The Bertz CT molecular complexity index is 849. The van der Waals surface area contributed by atoms with Crippen molar-refractivity contribution in [3.63, 3.8) is 0 Å². The fourth-order valence-corrected chi connectivity index (χ4v) is 5.20. The fourth-order valence-electron chi connectivity index (χ4n) is 4.82. The summed E-state index contributed by atoms with van der Waals surface area (Å²) in [5, 5.41) is 5.60. The van der Waals surface area contributed by atoms with Gasteiger partial charge in [-0.05, 0) is 48.1 Å². The number of carbonyl (C=O) groups excluding carboxylic acids is 3. The molecule has 2 fully saturated rings. The van der Waals surface area contributed by atoms with Crippen molar-refractivity contribution in [2.45, 2.75) is 36.9 Å². The topological polar surface area (TPSA) is 78.5 Å². The zero-order valence-corrected chi connectivity index (χ0v) is 16.9. The second kappa shape index (κ2) is 8.13. The molecular weight excluding hydrogens is 419 g/mol. The van der Waals surface area contributed by atoms with Crippen LogP contribution >= 0.6 is 11.8 Å². The minimum Gasteiger partial charge on any atom is -0.352 e. The largest absolute Gasteiger partial charge is 0.442 e. The van der Waals surface area contributed by atoms with Crippen LogP contribution in [0, 0.1) is 11.8 Å². The van der Waals surface area contributed by atoms with Crippen LogP contribution in [0.4, 0.5) is 13.2 Å². The Hall–Kier alpha value is -2.23. The number of carbonyl (C=O) groups is 3. The minimum absolute atomic E-state index is 0.0398. The molecule has 6 nitrogen and oxygen atoms in total. The number of thioether (sulfide) groups is 1. The number of piperidine rings is 1. The Kier molecular flexibility index (Phi) is 5.69. The van der Waals surface area contributed by atoms with Crippen molar-refractivity contribution >= 4 is 29.5 Å². The number of amides is 3. The molecule has 3 amide bonds. The Balaban J connectivity index is 1.33. The number of benzene rings is 1. The molecular formula is C20H22F3N3O3S. The number of rotatable bonds is 5. The number of hydrogen-bond donors (Lipinski definition) is 2. The first-order valence-electron chi connectivity index (χ1n) is 9.89. The van der Waals surface area contributed by atoms with Gasteiger partial charge in [0.1, 0.15) is 0 Å². The van der Waals surface area contributed by atoms with E-state index in [1.165, 1.54) is 0 Å². The molecule has 30 heavy (non-hydrogen) atoms. The first-order valence-corrected chi connectivity index (χ1v) is 10.9. The van der Waals surface area contributed by atoms with Crippen molar-refractivity contribution < 1.29 is 27.6 Å². The molecule has 1 saturated heterocycles. The Morgan fingerprint density at radius 3 is 2.50 bits per heavy atom. The zero-order valence-electron chi connectivity index (χ0n) is 16.1. The van der Waals surface area contributed by atoms with E-state index in [1.54, 1.807) is 17.0 Å². The highest BCUT2D eigenvalue weighted by atomic mass is 32.2. The van der Waals surface area contributed by atoms with Crippen molar-refractivity contribution in [1.82, 2.24) is 15.5 Å². The van der Waals surface area contributed by atoms with Crippen LogP contribution in [0.3, 0.4) is 0 Å². The van der Waals surface area contributed by atoms with Gasteiger partial charge >= 0.3 is 5.51 Å². The summed E-state index contributed by atoms with van der Waals surface area (Å²) in [4.78, 5) is 38.6. The second-order valence-corrected chi connectivity index (χ2v) is 9.08. The van der Waals surface area contributed by atoms with Gasteiger partial charge in [0.25, 0.3) is 5.91 Å². The number of nitrogens with one attached hydrogen (secondary N) is 2. The summed E-state index contributed by atoms with van der Waals surface area (Å²) < 4.78 is 36.9. The molecule has 1 aromatic carbocycles. The van der Waals surface area contributed by atoms with Crippen LogP contribution in [0.25, 0.3) is 0 Å². The van der Waals surface area contributed by atoms with Gasteiger partial charge in [0.05, 0.1) is 18.2 Å². The normalized spacial score (nSPS) is 27.6. The number of halogens is 3. The van der Waals surface area contributed by atoms with E-state index in [9.17, 15) is 27.6 Å². The molecule has 0 radical (unpaired) electrons. The second-order valence-electron chi connectivity index (χ2n) is 8.04. The van der Waals surface area contributed by atoms with Crippen molar-refractivity contribution in [3.05, 3.63) is 35.4 Å². The molecule has 162 valence electrons. The van der Waals surface area contributed by atoms with Crippen molar-refractivity contribution in [1.29, 1.82) is 0 Å². The first kappa shape index (κ1) is 21.0. The van der Waals surface area contributed by atoms with E-state index in [1.807, 2.05) is 12.1 Å². The summed E-state index contributed by atoms with van der Waals surface area (Å²) in [6.45, 7) is 0.935. The van der Waals surface area contributed by atoms with Crippen LogP contribution in [0.2, 0.25) is 0 Å². The average Bonchev–Trinajstić information content (AvgIpc) is 3.11. The van der Waals surface area contributed by atoms with Gasteiger partial charge in [0.2, 0.25) is 11.8 Å². The number of alkyl halides is 3. The predicted molar refractivity (Wildman–Crippen MR) is 105 cm³/mol. The molecule has 0 aromatic heterocycles. The number of nitrogens with zero attached hydrogens (tertiary/aromatic N) is 1. The molecule has 2 aliphatic heterocycles. The molecule has 1 saturated carbocycles. The van der Waals surface area contributed by atoms with Gasteiger partial charge < -0.3 is 15.5 Å². The van der Waals surface area contributed by atoms with E-state index < -0.39 is 17.2 Å². The third kappa shape index (κ3) is 4.43. The molecule has 2 N–H and O–H groups in total. The van der Waals surface area contributed by atoms with Crippen molar-refractivity contribution in [2.75, 3.05) is 18.8 Å². The molecule has 0 spiro atoms. The van der Waals surface area contributed by atoms with Crippen LogP contribution in [0.5, 0.6) is 0 Å². The summed E-state index contributed by atoms with van der Waals surface area (Å²) in [6, 6.07) is 6.66. The third-order valence-electron chi connectivity index (χ3n) is 6.15. The smallest absolute Gasteiger partial charge is 0.352 e. The highest BCUT2D eigenvalue weighted by Crippen LogP contribution is 2.38. The maximum atomic E-state index is 12.9. The lowest BCUT2D eigenvalue weighted by Gasteiger charge is -2.38. The quantitative estimate of drug-likeness (QED) is 0.736. The van der Waals surface area contributed by atoms with Gasteiger partial charge in [-0.2, -0.15) is 13.2 Å². The van der Waals surface area contributed by atoms with Crippen LogP contribution in [-0.4, -0.2) is 53.0 Å². The van der Waals surface area contributed by atoms with Crippen molar-refractivity contribution in [2.24, 2.45) is 11.8 Å². The molecule has 2 heterocycles. The lowest BCUT2D eigenvalue weighted by molar-refractivity contribution is -0.134. The lowest BCUT2D eigenvalue weighted by atomic mass is 9.91. The molecule has 2 bridgehead atoms. The van der Waals surface area contributed by atoms with E-state index in [-0.39, 0.29) is 53.9 Å². The number of hydrogen-bond acceptors (Lipinski definition) is 4. The van der Waals surface area contributed by atoms with Crippen molar-refractivity contribution in [3.8, 4) is 0 Å². The Morgan fingerprint density at radius 1 is 1.17 bits per heavy atom. The summed E-state index contributed by atoms with van der Waals surface area (Å²) in [7, 11) is 0. The van der Waals surface area contributed by atoms with Gasteiger partial charge in [0.15, 0.2) is 0 Å². The predicted octanol–water partition coefficient (Wildman–Crippen LogP) is 2.47. The Labute approximate surface area is 175 Å². The van der Waals surface area contributed by atoms with Crippen LogP contribution in [0.1, 0.15) is 41.2 Å². The first-order chi connectivity index (χ1) is 14.2. The van der Waals surface area contributed by atoms with Gasteiger partial charge in [-0.25, -0.2) is 0 Å². The van der Waals surface area contributed by atoms with E-state index in [2.05, 4.69) is 10.6 Å². The van der Waals surface area contributed by atoms with Gasteiger partial charge in [-0.3, -0.25) is 14.4 Å². The maximum Gasteiger partial charge on any atom is 0.442 e. The van der Waals surface area contributed by atoms with E-state index in [4.69, 9.17) is 0 Å². The van der Waals surface area contributed by atoms with Gasteiger partial charge in [-0.1, -0.05) is 18.2 Å². The number of fused-ring (bicyclic) bond motifs is 3. The molecule has 10 heteroatoms. The highest BCUT2D eigenvalue weighted by molar-refractivity contribution is 8.00. The maximum absolute atomic E-state index is 12.9. The molecule has 4 atom stereocenters. The Morgan fingerprint density at radius 2 is 1.83 bits per heavy atom. The monoisotopic (exact) mass is 441 g/mol. The highest BCUT2D eigenvalue weighted by Gasteiger charge is 2.44. The van der Waals surface area contributed by atoms with E-state index >= 15 is 0 Å². The number of likely N-dealkylation sites (tertiary alicyclic amines) is 1. The summed E-state index contributed by atoms with van der Waals surface area (Å²) >= 11 is -0.340. The third-order valence-corrected chi connectivity index (χ3v) is 6.88. The molecule has 1 aliphatic carbocycles. The molecule has 2 unspecified atom stereocenters. The van der Waals surface area contributed by atoms with Gasteiger partial charge in [-0.15, -0.1) is 0 Å². The SMILES string of the molecule is O=C(CSC(F)(F)F)NC1[C@@H]2CC[C@H]1CN(C(=O)CC1NC(=O)c3ccccc31)C2. The average molecular weight is 441 g/mol. The minimum atomic E-state index is -4.43. The fraction of sp³-hybridized carbons (Fsp3) is 0.550. The zero-order chi connectivity index (χ0) is 21.5. The molecule has 3 aliphatic rings. The van der Waals surface area contributed by atoms with Gasteiger partial charge in [0, 0.05) is 24.7 Å². The van der Waals surface area contributed by atoms with E-state index in [0.717, 1.165) is 18.4 Å². The van der Waals surface area contributed by atoms with Crippen LogP contribution in [-0.2, 0) is 9.59 Å². The molecule has 4 rings (SSSR count). The summed E-state index contributed by atoms with van der Waals surface area (Å²) in [5.74, 6) is -1.43. The van der Waals surface area contributed by atoms with E-state index in [0.29, 0.717) is 18.7 Å². The summed E-state index contributed by atoms with van der Waals surface area (Å²) in [6.07, 6.45) is 1.82.